The molecule has 28 heavy (non-hydrogen) atoms. The molecule has 1 aliphatic heterocycles. The fourth-order valence-corrected chi connectivity index (χ4v) is 2.55. The lowest BCUT2D eigenvalue weighted by Crippen LogP contribution is -2.40. The van der Waals surface area contributed by atoms with E-state index in [1.807, 2.05) is 0 Å². The molecule has 152 valence electrons. The van der Waals surface area contributed by atoms with E-state index < -0.39 is 36.2 Å². The summed E-state index contributed by atoms with van der Waals surface area (Å²) in [6.07, 6.45) is -5.18. The molecule has 8 nitrogen and oxygen atoms in total. The molecule has 2 rings (SSSR count). The Bertz CT molecular complexity index is 833. The van der Waals surface area contributed by atoms with Gasteiger partial charge in [0.15, 0.2) is 0 Å². The molecule has 0 amide bonds. The lowest BCUT2D eigenvalue weighted by atomic mass is 10.0. The molecule has 1 aliphatic rings. The Balaban J connectivity index is 2.72. The molecule has 11 heteroatoms. The summed E-state index contributed by atoms with van der Waals surface area (Å²) < 4.78 is 58.6. The van der Waals surface area contributed by atoms with Gasteiger partial charge in [-0.2, -0.15) is 13.2 Å². The van der Waals surface area contributed by atoms with Crippen LogP contribution >= 0.6 is 0 Å². The smallest absolute Gasteiger partial charge is 0.454 e. The molecule has 0 spiro atoms. The number of Topliss-reactive ketones (excluding diaryl/α,β-unsaturated/α-hetero) is 1. The van der Waals surface area contributed by atoms with Crippen molar-refractivity contribution in [1.82, 2.24) is 0 Å². The highest BCUT2D eigenvalue weighted by atomic mass is 19.4. The van der Waals surface area contributed by atoms with Gasteiger partial charge in [-0.15, -0.1) is 0 Å². The molecule has 0 fully saturated rings. The maximum absolute atomic E-state index is 13.1. The van der Waals surface area contributed by atoms with Gasteiger partial charge in [-0.1, -0.05) is 0 Å². The van der Waals surface area contributed by atoms with Crippen LogP contribution in [0.1, 0.15) is 10.4 Å². The number of nitrogens with zero attached hydrogens (tertiary/aromatic N) is 1. The van der Waals surface area contributed by atoms with E-state index in [0.29, 0.717) is 0 Å². The number of anilines is 1. The number of ketones is 1. The molecule has 0 unspecified atom stereocenters. The Morgan fingerprint density at radius 1 is 1.07 bits per heavy atom. The zero-order valence-electron chi connectivity index (χ0n) is 15.1. The van der Waals surface area contributed by atoms with Crippen LogP contribution in [0.4, 0.5) is 18.9 Å². The molecule has 0 bridgehead atoms. The fraction of sp³-hybridized carbons (Fsp3) is 0.353. The van der Waals surface area contributed by atoms with Crippen LogP contribution in [-0.2, 0) is 23.8 Å². The quantitative estimate of drug-likeness (QED) is 0.543. The SMILES string of the molecule is COC(=O)C1=C(C(=O)OC)N(c2ccc(OC)cc2C(=O)C(F)(F)F)COC1. The summed E-state index contributed by atoms with van der Waals surface area (Å²) in [6.45, 7) is -0.734. The summed E-state index contributed by atoms with van der Waals surface area (Å²) in [5.74, 6) is -4.10. The number of hydrogen-bond donors (Lipinski definition) is 0. The van der Waals surface area contributed by atoms with E-state index >= 15 is 0 Å². The van der Waals surface area contributed by atoms with Crippen molar-refractivity contribution in [3.05, 3.63) is 35.0 Å². The van der Waals surface area contributed by atoms with Crippen LogP contribution in [-0.4, -0.2) is 58.6 Å². The monoisotopic (exact) mass is 403 g/mol. The van der Waals surface area contributed by atoms with Gasteiger partial charge in [-0.25, -0.2) is 9.59 Å². The van der Waals surface area contributed by atoms with E-state index in [1.165, 1.54) is 13.2 Å². The van der Waals surface area contributed by atoms with E-state index in [2.05, 4.69) is 9.47 Å². The number of halogens is 3. The number of hydrogen-bond acceptors (Lipinski definition) is 8. The van der Waals surface area contributed by atoms with E-state index in [1.54, 1.807) is 0 Å². The highest BCUT2D eigenvalue weighted by molar-refractivity contribution is 6.08. The lowest BCUT2D eigenvalue weighted by molar-refractivity contribution is -0.140. The topological polar surface area (TPSA) is 91.4 Å². The number of carbonyl (C=O) groups is 3. The van der Waals surface area contributed by atoms with Crippen molar-refractivity contribution in [3.8, 4) is 5.75 Å². The molecular weight excluding hydrogens is 387 g/mol. The first-order valence-corrected chi connectivity index (χ1v) is 7.70. The Hall–Kier alpha value is -3.08. The van der Waals surface area contributed by atoms with Crippen LogP contribution < -0.4 is 9.64 Å². The fourth-order valence-electron chi connectivity index (χ4n) is 2.55. The van der Waals surface area contributed by atoms with Crippen LogP contribution in [0.3, 0.4) is 0 Å². The van der Waals surface area contributed by atoms with Gasteiger partial charge in [0.2, 0.25) is 0 Å². The first kappa shape index (κ1) is 21.2. The van der Waals surface area contributed by atoms with Crippen LogP contribution in [0.2, 0.25) is 0 Å². The number of benzene rings is 1. The predicted molar refractivity (Wildman–Crippen MR) is 87.7 cm³/mol. The van der Waals surface area contributed by atoms with Gasteiger partial charge in [-0.05, 0) is 18.2 Å². The van der Waals surface area contributed by atoms with Gasteiger partial charge in [-0.3, -0.25) is 4.79 Å². The molecule has 1 aromatic carbocycles. The maximum atomic E-state index is 13.1. The summed E-state index contributed by atoms with van der Waals surface area (Å²) in [5, 5.41) is 0. The second kappa shape index (κ2) is 8.30. The van der Waals surface area contributed by atoms with E-state index in [0.717, 1.165) is 31.3 Å². The second-order valence-electron chi connectivity index (χ2n) is 5.43. The third-order valence-corrected chi connectivity index (χ3v) is 3.83. The Morgan fingerprint density at radius 2 is 1.71 bits per heavy atom. The molecule has 0 saturated carbocycles. The van der Waals surface area contributed by atoms with Gasteiger partial charge in [0.05, 0.1) is 44.8 Å². The molecule has 0 radical (unpaired) electrons. The number of esters is 2. The zero-order valence-corrected chi connectivity index (χ0v) is 15.1. The van der Waals surface area contributed by atoms with Crippen molar-refractivity contribution < 1.29 is 46.5 Å². The molecule has 0 aliphatic carbocycles. The summed E-state index contributed by atoms with van der Waals surface area (Å²) in [4.78, 5) is 37.1. The predicted octanol–water partition coefficient (Wildman–Crippen LogP) is 1.83. The Morgan fingerprint density at radius 3 is 2.25 bits per heavy atom. The zero-order chi connectivity index (χ0) is 21.1. The van der Waals surface area contributed by atoms with Gasteiger partial charge < -0.3 is 23.8 Å². The van der Waals surface area contributed by atoms with Crippen molar-refractivity contribution in [1.29, 1.82) is 0 Å². The van der Waals surface area contributed by atoms with E-state index in [4.69, 9.17) is 9.47 Å². The average Bonchev–Trinajstić information content (AvgIpc) is 2.70. The number of carbonyl (C=O) groups excluding carboxylic acids is 3. The summed E-state index contributed by atoms with van der Waals surface area (Å²) in [7, 11) is 3.32. The third kappa shape index (κ3) is 4.09. The van der Waals surface area contributed by atoms with Crippen LogP contribution in [0.15, 0.2) is 29.5 Å². The largest absolute Gasteiger partial charge is 0.497 e. The number of alkyl halides is 3. The molecular formula is C17H16F3NO7. The minimum absolute atomic E-state index is 0.00827. The number of rotatable bonds is 5. The van der Waals surface area contributed by atoms with Gasteiger partial charge in [0.1, 0.15) is 18.2 Å². The summed E-state index contributed by atoms with van der Waals surface area (Å²) in [6, 6.07) is 3.32. The van der Waals surface area contributed by atoms with Gasteiger partial charge in [0.25, 0.3) is 5.78 Å². The minimum atomic E-state index is -5.18. The van der Waals surface area contributed by atoms with E-state index in [9.17, 15) is 27.6 Å². The van der Waals surface area contributed by atoms with Crippen LogP contribution in [0, 0.1) is 0 Å². The van der Waals surface area contributed by atoms with Crippen molar-refractivity contribution in [3.63, 3.8) is 0 Å². The van der Waals surface area contributed by atoms with Crippen molar-refractivity contribution in [2.45, 2.75) is 6.18 Å². The third-order valence-electron chi connectivity index (χ3n) is 3.83. The average molecular weight is 403 g/mol. The first-order chi connectivity index (χ1) is 13.1. The molecule has 0 N–H and O–H groups in total. The number of methoxy groups -OCH3 is 3. The summed E-state index contributed by atoms with van der Waals surface area (Å²) in [5.41, 5.74) is -1.75. The summed E-state index contributed by atoms with van der Waals surface area (Å²) >= 11 is 0. The van der Waals surface area contributed by atoms with Crippen molar-refractivity contribution in [2.24, 2.45) is 0 Å². The maximum Gasteiger partial charge on any atom is 0.454 e. The van der Waals surface area contributed by atoms with Gasteiger partial charge >= 0.3 is 18.1 Å². The lowest BCUT2D eigenvalue weighted by Gasteiger charge is -2.32. The van der Waals surface area contributed by atoms with Crippen molar-refractivity contribution in [2.75, 3.05) is 39.6 Å². The van der Waals surface area contributed by atoms with Crippen molar-refractivity contribution >= 4 is 23.4 Å². The first-order valence-electron chi connectivity index (χ1n) is 7.70. The molecule has 0 aromatic heterocycles. The molecule has 1 heterocycles. The Labute approximate surface area is 157 Å². The normalized spacial score (nSPS) is 14.6. The van der Waals surface area contributed by atoms with Crippen LogP contribution in [0.25, 0.3) is 0 Å². The highest BCUT2D eigenvalue weighted by Crippen LogP contribution is 2.35. The van der Waals surface area contributed by atoms with Gasteiger partial charge in [0, 0.05) is 0 Å². The highest BCUT2D eigenvalue weighted by Gasteiger charge is 2.42. The minimum Gasteiger partial charge on any atom is -0.497 e. The number of ether oxygens (including phenoxy) is 4. The second-order valence-corrected chi connectivity index (χ2v) is 5.43. The molecule has 0 saturated heterocycles. The molecule has 1 aromatic rings. The standard InChI is InChI=1S/C17H16F3NO7/c1-25-9-4-5-12(10(6-9)14(22)17(18,19)20)21-8-28-7-11(15(23)26-2)13(21)16(24)27-3/h4-6H,7-8H2,1-3H3. The van der Waals surface area contributed by atoms with E-state index in [-0.39, 0.29) is 29.3 Å². The molecule has 0 atom stereocenters. The van der Waals surface area contributed by atoms with Crippen LogP contribution in [0.5, 0.6) is 5.75 Å². The Kier molecular flexibility index (Phi) is 6.29.